The van der Waals surface area contributed by atoms with E-state index in [0.29, 0.717) is 6.04 Å². The van der Waals surface area contributed by atoms with Crippen LogP contribution in [0.15, 0.2) is 30.3 Å². The fraction of sp³-hybridized carbons (Fsp3) is 0.625. The zero-order valence-corrected chi connectivity index (χ0v) is 11.7. The van der Waals surface area contributed by atoms with Crippen molar-refractivity contribution in [2.24, 2.45) is 5.92 Å². The van der Waals surface area contributed by atoms with Crippen molar-refractivity contribution >= 4 is 0 Å². The molecule has 2 nitrogen and oxygen atoms in total. The number of piperidine rings is 1. The first-order valence-corrected chi connectivity index (χ1v) is 7.28. The van der Waals surface area contributed by atoms with Gasteiger partial charge in [-0.05, 0) is 50.9 Å². The minimum atomic E-state index is 0.603. The zero-order valence-electron chi connectivity index (χ0n) is 11.7. The van der Waals surface area contributed by atoms with E-state index in [1.807, 2.05) is 0 Å². The van der Waals surface area contributed by atoms with Crippen molar-refractivity contribution in [1.29, 1.82) is 0 Å². The predicted octanol–water partition coefficient (Wildman–Crippen LogP) is 3.07. The van der Waals surface area contributed by atoms with Crippen molar-refractivity contribution < 1.29 is 0 Å². The molecule has 1 aliphatic heterocycles. The Balaban J connectivity index is 2.03. The van der Waals surface area contributed by atoms with Gasteiger partial charge in [0.25, 0.3) is 0 Å². The molecule has 2 heteroatoms. The summed E-state index contributed by atoms with van der Waals surface area (Å²) in [5, 5.41) is 3.33. The summed E-state index contributed by atoms with van der Waals surface area (Å²) in [5.74, 6) is 0.821. The molecule has 0 aromatic heterocycles. The van der Waals surface area contributed by atoms with E-state index in [9.17, 15) is 0 Å². The van der Waals surface area contributed by atoms with Gasteiger partial charge in [-0.25, -0.2) is 0 Å². The van der Waals surface area contributed by atoms with Crippen LogP contribution in [0.2, 0.25) is 0 Å². The molecule has 1 saturated heterocycles. The van der Waals surface area contributed by atoms with Crippen LogP contribution in [0.25, 0.3) is 0 Å². The summed E-state index contributed by atoms with van der Waals surface area (Å²) in [6.45, 7) is 5.96. The van der Waals surface area contributed by atoms with E-state index in [4.69, 9.17) is 0 Å². The third kappa shape index (κ3) is 3.33. The van der Waals surface area contributed by atoms with E-state index < -0.39 is 0 Å². The lowest BCUT2D eigenvalue weighted by Crippen LogP contribution is -2.41. The Hall–Kier alpha value is -0.860. The molecule has 1 aromatic rings. The number of benzene rings is 1. The maximum Gasteiger partial charge on any atom is 0.0345 e. The first kappa shape index (κ1) is 13.6. The van der Waals surface area contributed by atoms with Gasteiger partial charge in [-0.15, -0.1) is 0 Å². The Morgan fingerprint density at radius 1 is 1.33 bits per heavy atom. The second-order valence-electron chi connectivity index (χ2n) is 5.40. The lowest BCUT2D eigenvalue weighted by Gasteiger charge is -2.38. The first-order valence-electron chi connectivity index (χ1n) is 7.28. The van der Waals surface area contributed by atoms with Gasteiger partial charge >= 0.3 is 0 Å². The van der Waals surface area contributed by atoms with Gasteiger partial charge in [0, 0.05) is 12.6 Å². The van der Waals surface area contributed by atoms with Crippen LogP contribution in [0.5, 0.6) is 0 Å². The minimum Gasteiger partial charge on any atom is -0.319 e. The fourth-order valence-electron chi connectivity index (χ4n) is 3.22. The van der Waals surface area contributed by atoms with Crippen LogP contribution in [0.3, 0.4) is 0 Å². The highest BCUT2D eigenvalue weighted by Gasteiger charge is 2.25. The van der Waals surface area contributed by atoms with Crippen LogP contribution in [0.1, 0.15) is 37.8 Å². The normalized spacial score (nSPS) is 22.9. The maximum absolute atomic E-state index is 3.33. The lowest BCUT2D eigenvalue weighted by molar-refractivity contribution is 0.119. The van der Waals surface area contributed by atoms with E-state index in [1.165, 1.54) is 37.9 Å². The number of nitrogens with one attached hydrogen (secondary N) is 1. The summed E-state index contributed by atoms with van der Waals surface area (Å²) < 4.78 is 0. The monoisotopic (exact) mass is 246 g/mol. The number of likely N-dealkylation sites (tertiary alicyclic amines) is 1. The maximum atomic E-state index is 3.33. The van der Waals surface area contributed by atoms with Gasteiger partial charge < -0.3 is 5.32 Å². The molecule has 0 saturated carbocycles. The molecule has 1 heterocycles. The number of nitrogens with zero attached hydrogens (tertiary/aromatic N) is 1. The summed E-state index contributed by atoms with van der Waals surface area (Å²) in [7, 11) is 2.06. The quantitative estimate of drug-likeness (QED) is 0.859. The van der Waals surface area contributed by atoms with Gasteiger partial charge in [0.1, 0.15) is 0 Å². The second-order valence-corrected chi connectivity index (χ2v) is 5.40. The van der Waals surface area contributed by atoms with E-state index in [1.54, 1.807) is 0 Å². The average molecular weight is 246 g/mol. The van der Waals surface area contributed by atoms with Crippen LogP contribution in [-0.2, 0) is 0 Å². The van der Waals surface area contributed by atoms with Crippen molar-refractivity contribution in [3.05, 3.63) is 35.9 Å². The molecule has 2 atom stereocenters. The van der Waals surface area contributed by atoms with Crippen LogP contribution < -0.4 is 5.32 Å². The molecule has 1 fully saturated rings. The van der Waals surface area contributed by atoms with Crippen LogP contribution in [0, 0.1) is 5.92 Å². The van der Waals surface area contributed by atoms with Crippen molar-refractivity contribution in [1.82, 2.24) is 10.2 Å². The van der Waals surface area contributed by atoms with Crippen molar-refractivity contribution in [2.45, 2.75) is 32.2 Å². The Morgan fingerprint density at radius 2 is 2.11 bits per heavy atom. The zero-order chi connectivity index (χ0) is 12.8. The van der Waals surface area contributed by atoms with Gasteiger partial charge in [-0.3, -0.25) is 4.90 Å². The third-order valence-corrected chi connectivity index (χ3v) is 4.06. The second kappa shape index (κ2) is 6.91. The Labute approximate surface area is 111 Å². The van der Waals surface area contributed by atoms with Crippen LogP contribution in [-0.4, -0.2) is 31.6 Å². The topological polar surface area (TPSA) is 15.3 Å². The average Bonchev–Trinajstić information content (AvgIpc) is 2.42. The molecule has 2 rings (SSSR count). The van der Waals surface area contributed by atoms with E-state index in [-0.39, 0.29) is 0 Å². The van der Waals surface area contributed by atoms with Crippen molar-refractivity contribution in [3.63, 3.8) is 0 Å². The van der Waals surface area contributed by atoms with E-state index in [0.717, 1.165) is 12.5 Å². The van der Waals surface area contributed by atoms with Crippen LogP contribution in [0.4, 0.5) is 0 Å². The summed E-state index contributed by atoms with van der Waals surface area (Å²) in [6.07, 6.45) is 3.93. The first-order chi connectivity index (χ1) is 8.85. The van der Waals surface area contributed by atoms with Crippen molar-refractivity contribution in [2.75, 3.05) is 26.7 Å². The summed E-state index contributed by atoms with van der Waals surface area (Å²) in [4.78, 5) is 2.68. The summed E-state index contributed by atoms with van der Waals surface area (Å²) in [6, 6.07) is 11.6. The van der Waals surface area contributed by atoms with Gasteiger partial charge in [0.15, 0.2) is 0 Å². The molecule has 1 aliphatic rings. The molecule has 18 heavy (non-hydrogen) atoms. The molecule has 0 aliphatic carbocycles. The summed E-state index contributed by atoms with van der Waals surface area (Å²) in [5.41, 5.74) is 1.48. The molecule has 1 N–H and O–H groups in total. The number of hydrogen-bond donors (Lipinski definition) is 1. The third-order valence-electron chi connectivity index (χ3n) is 4.06. The Bertz CT molecular complexity index is 334. The molecular formula is C16H26N2. The lowest BCUT2D eigenvalue weighted by atomic mass is 9.94. The van der Waals surface area contributed by atoms with Gasteiger partial charge in [0.2, 0.25) is 0 Å². The SMILES string of the molecule is CCC(c1ccccc1)N1CCCC(CNC)C1. The van der Waals surface area contributed by atoms with Crippen molar-refractivity contribution in [3.8, 4) is 0 Å². The molecule has 0 amide bonds. The fourth-order valence-corrected chi connectivity index (χ4v) is 3.22. The minimum absolute atomic E-state index is 0.603. The highest BCUT2D eigenvalue weighted by molar-refractivity contribution is 5.19. The smallest absolute Gasteiger partial charge is 0.0345 e. The molecule has 0 bridgehead atoms. The van der Waals surface area contributed by atoms with E-state index >= 15 is 0 Å². The number of rotatable bonds is 5. The Kier molecular flexibility index (Phi) is 5.21. The summed E-state index contributed by atoms with van der Waals surface area (Å²) >= 11 is 0. The molecule has 0 radical (unpaired) electrons. The van der Waals surface area contributed by atoms with Crippen LogP contribution >= 0.6 is 0 Å². The number of hydrogen-bond acceptors (Lipinski definition) is 2. The standard InChI is InChI=1S/C16H26N2/c1-3-16(15-9-5-4-6-10-15)18-11-7-8-14(13-18)12-17-2/h4-6,9-10,14,16-17H,3,7-8,11-13H2,1-2H3. The van der Waals surface area contributed by atoms with E-state index in [2.05, 4.69) is 54.5 Å². The molecular weight excluding hydrogens is 220 g/mol. The molecule has 2 unspecified atom stereocenters. The van der Waals surface area contributed by atoms with Gasteiger partial charge in [0.05, 0.1) is 0 Å². The Morgan fingerprint density at radius 3 is 2.78 bits per heavy atom. The van der Waals surface area contributed by atoms with Gasteiger partial charge in [-0.2, -0.15) is 0 Å². The van der Waals surface area contributed by atoms with Gasteiger partial charge in [-0.1, -0.05) is 37.3 Å². The molecule has 0 spiro atoms. The molecule has 1 aromatic carbocycles. The highest BCUT2D eigenvalue weighted by atomic mass is 15.2. The predicted molar refractivity (Wildman–Crippen MR) is 77.7 cm³/mol. The highest BCUT2D eigenvalue weighted by Crippen LogP contribution is 2.28. The largest absolute Gasteiger partial charge is 0.319 e. The molecule has 100 valence electrons.